The first-order chi connectivity index (χ1) is 12.1. The van der Waals surface area contributed by atoms with E-state index in [2.05, 4.69) is 34.3 Å². The van der Waals surface area contributed by atoms with Crippen LogP contribution in [0, 0.1) is 6.92 Å². The number of amides is 1. The molecule has 0 bridgehead atoms. The van der Waals surface area contributed by atoms with Crippen LogP contribution in [0.4, 0.5) is 11.6 Å². The lowest BCUT2D eigenvalue weighted by atomic mass is 10.1. The Morgan fingerprint density at radius 3 is 2.52 bits per heavy atom. The van der Waals surface area contributed by atoms with Gasteiger partial charge in [0.1, 0.15) is 5.69 Å². The molecule has 3 rings (SSSR count). The van der Waals surface area contributed by atoms with E-state index >= 15 is 0 Å². The number of para-hydroxylation sites is 1. The molecule has 126 valence electrons. The number of carbonyl (C=O) groups is 1. The van der Waals surface area contributed by atoms with E-state index in [1.54, 1.807) is 24.2 Å². The van der Waals surface area contributed by atoms with Gasteiger partial charge in [-0.1, -0.05) is 42.5 Å². The molecule has 25 heavy (non-hydrogen) atoms. The smallest absolute Gasteiger partial charge is 0.276 e. The molecule has 2 aromatic carbocycles. The Bertz CT molecular complexity index is 864. The first-order valence-corrected chi connectivity index (χ1v) is 8.09. The van der Waals surface area contributed by atoms with Crippen molar-refractivity contribution >= 4 is 17.5 Å². The maximum Gasteiger partial charge on any atom is 0.276 e. The topological polar surface area (TPSA) is 58.1 Å². The number of carbonyl (C=O) groups excluding carboxylic acids is 1. The van der Waals surface area contributed by atoms with E-state index in [9.17, 15) is 4.79 Å². The Morgan fingerprint density at radius 1 is 1.04 bits per heavy atom. The fourth-order valence-corrected chi connectivity index (χ4v) is 2.49. The van der Waals surface area contributed by atoms with Crippen molar-refractivity contribution in [3.63, 3.8) is 0 Å². The lowest BCUT2D eigenvalue weighted by molar-refractivity contribution is 0.0988. The van der Waals surface area contributed by atoms with Crippen molar-refractivity contribution in [1.82, 2.24) is 9.97 Å². The average molecular weight is 332 g/mol. The zero-order valence-electron chi connectivity index (χ0n) is 14.3. The molecule has 0 aliphatic heterocycles. The first-order valence-electron chi connectivity index (χ1n) is 8.09. The van der Waals surface area contributed by atoms with Gasteiger partial charge in [0.25, 0.3) is 5.91 Å². The van der Waals surface area contributed by atoms with E-state index in [0.29, 0.717) is 18.2 Å². The van der Waals surface area contributed by atoms with Crippen LogP contribution in [-0.2, 0) is 6.54 Å². The second-order valence-electron chi connectivity index (χ2n) is 5.75. The highest BCUT2D eigenvalue weighted by molar-refractivity contribution is 6.04. The number of hydrogen-bond donors (Lipinski definition) is 1. The summed E-state index contributed by atoms with van der Waals surface area (Å²) in [6.07, 6.45) is 1.60. The highest BCUT2D eigenvalue weighted by Crippen LogP contribution is 2.15. The van der Waals surface area contributed by atoms with Crippen LogP contribution in [0.25, 0.3) is 0 Å². The fraction of sp³-hybridized carbons (Fsp3) is 0.150. The van der Waals surface area contributed by atoms with E-state index in [1.165, 1.54) is 11.1 Å². The molecule has 0 aliphatic carbocycles. The molecule has 0 saturated carbocycles. The third-order valence-corrected chi connectivity index (χ3v) is 4.02. The molecule has 1 aromatic heterocycles. The summed E-state index contributed by atoms with van der Waals surface area (Å²) < 4.78 is 0. The van der Waals surface area contributed by atoms with Gasteiger partial charge in [-0.3, -0.25) is 4.79 Å². The van der Waals surface area contributed by atoms with Crippen LogP contribution < -0.4 is 10.2 Å². The second kappa shape index (κ2) is 7.57. The molecule has 0 saturated heterocycles. The standard InChI is InChI=1S/C20H20N4O/c1-15-8-6-7-9-16(15)14-22-20-21-13-12-18(23-20)19(25)24(2)17-10-4-3-5-11-17/h3-13H,14H2,1-2H3,(H,21,22,23). The minimum absolute atomic E-state index is 0.174. The van der Waals surface area contributed by atoms with Crippen LogP contribution in [0.2, 0.25) is 0 Å². The molecule has 5 nitrogen and oxygen atoms in total. The molecule has 0 atom stereocenters. The number of nitrogens with zero attached hydrogens (tertiary/aromatic N) is 3. The van der Waals surface area contributed by atoms with Crippen LogP contribution in [0.15, 0.2) is 66.9 Å². The Labute approximate surface area is 147 Å². The molecule has 0 aliphatic rings. The number of anilines is 2. The summed E-state index contributed by atoms with van der Waals surface area (Å²) in [6.45, 7) is 2.67. The van der Waals surface area contributed by atoms with Gasteiger partial charge in [-0.25, -0.2) is 9.97 Å². The summed E-state index contributed by atoms with van der Waals surface area (Å²) in [6, 6.07) is 19.2. The first kappa shape index (κ1) is 16.6. The molecule has 1 heterocycles. The summed E-state index contributed by atoms with van der Waals surface area (Å²) in [5, 5.41) is 3.18. The van der Waals surface area contributed by atoms with Crippen LogP contribution >= 0.6 is 0 Å². The number of nitrogens with one attached hydrogen (secondary N) is 1. The lowest BCUT2D eigenvalue weighted by Gasteiger charge is -2.17. The minimum atomic E-state index is -0.174. The second-order valence-corrected chi connectivity index (χ2v) is 5.75. The highest BCUT2D eigenvalue weighted by Gasteiger charge is 2.15. The molecule has 5 heteroatoms. The highest BCUT2D eigenvalue weighted by atomic mass is 16.2. The van der Waals surface area contributed by atoms with E-state index in [0.717, 1.165) is 5.69 Å². The van der Waals surface area contributed by atoms with Gasteiger partial charge < -0.3 is 10.2 Å². The van der Waals surface area contributed by atoms with Crippen molar-refractivity contribution in [1.29, 1.82) is 0 Å². The number of rotatable bonds is 5. The van der Waals surface area contributed by atoms with Crippen molar-refractivity contribution in [3.05, 3.63) is 83.7 Å². The molecule has 0 unspecified atom stereocenters. The maximum atomic E-state index is 12.6. The number of aromatic nitrogens is 2. The van der Waals surface area contributed by atoms with Crippen molar-refractivity contribution in [2.75, 3.05) is 17.3 Å². The summed E-state index contributed by atoms with van der Waals surface area (Å²) in [5.41, 5.74) is 3.55. The molecule has 3 aromatic rings. The van der Waals surface area contributed by atoms with E-state index in [4.69, 9.17) is 0 Å². The molecule has 0 spiro atoms. The zero-order valence-corrected chi connectivity index (χ0v) is 14.3. The monoisotopic (exact) mass is 332 g/mol. The molecular weight excluding hydrogens is 312 g/mol. The molecular formula is C20H20N4O. The third kappa shape index (κ3) is 4.01. The third-order valence-electron chi connectivity index (χ3n) is 4.02. The quantitative estimate of drug-likeness (QED) is 0.774. The van der Waals surface area contributed by atoms with Crippen molar-refractivity contribution in [2.45, 2.75) is 13.5 Å². The number of benzene rings is 2. The molecule has 1 amide bonds. The summed E-state index contributed by atoms with van der Waals surface area (Å²) in [4.78, 5) is 22.8. The summed E-state index contributed by atoms with van der Waals surface area (Å²) in [5.74, 6) is 0.267. The number of aryl methyl sites for hydroxylation is 1. The Morgan fingerprint density at radius 2 is 1.76 bits per heavy atom. The maximum absolute atomic E-state index is 12.6. The van der Waals surface area contributed by atoms with Crippen molar-refractivity contribution in [2.24, 2.45) is 0 Å². The SMILES string of the molecule is Cc1ccccc1CNc1nccc(C(=O)N(C)c2ccccc2)n1. The summed E-state index contributed by atoms with van der Waals surface area (Å²) >= 11 is 0. The molecule has 0 fully saturated rings. The Balaban J connectivity index is 1.73. The van der Waals surface area contributed by atoms with E-state index in [-0.39, 0.29) is 5.91 Å². The van der Waals surface area contributed by atoms with E-state index in [1.807, 2.05) is 42.5 Å². The molecule has 1 N–H and O–H groups in total. The normalized spacial score (nSPS) is 10.3. The predicted octanol–water partition coefficient (Wildman–Crippen LogP) is 3.67. The Hall–Kier alpha value is -3.21. The van der Waals surface area contributed by atoms with Gasteiger partial charge in [0.2, 0.25) is 5.95 Å². The van der Waals surface area contributed by atoms with Crippen LogP contribution in [0.5, 0.6) is 0 Å². The van der Waals surface area contributed by atoms with Gasteiger partial charge >= 0.3 is 0 Å². The fourth-order valence-electron chi connectivity index (χ4n) is 2.49. The van der Waals surface area contributed by atoms with Gasteiger partial charge in [0.05, 0.1) is 0 Å². The van der Waals surface area contributed by atoms with Crippen LogP contribution in [0.1, 0.15) is 21.6 Å². The summed E-state index contributed by atoms with van der Waals surface area (Å²) in [7, 11) is 1.74. The Kier molecular flexibility index (Phi) is 5.04. The van der Waals surface area contributed by atoms with E-state index < -0.39 is 0 Å². The lowest BCUT2D eigenvalue weighted by Crippen LogP contribution is -2.27. The predicted molar refractivity (Wildman–Crippen MR) is 99.7 cm³/mol. The van der Waals surface area contributed by atoms with Gasteiger partial charge in [-0.15, -0.1) is 0 Å². The van der Waals surface area contributed by atoms with Crippen LogP contribution in [0.3, 0.4) is 0 Å². The van der Waals surface area contributed by atoms with Gasteiger partial charge in [-0.2, -0.15) is 0 Å². The van der Waals surface area contributed by atoms with Crippen LogP contribution in [-0.4, -0.2) is 22.9 Å². The van der Waals surface area contributed by atoms with Gasteiger partial charge in [0.15, 0.2) is 0 Å². The number of hydrogen-bond acceptors (Lipinski definition) is 4. The van der Waals surface area contributed by atoms with Gasteiger partial charge in [0, 0.05) is 25.5 Å². The van der Waals surface area contributed by atoms with Crippen molar-refractivity contribution < 1.29 is 4.79 Å². The van der Waals surface area contributed by atoms with Crippen molar-refractivity contribution in [3.8, 4) is 0 Å². The molecule has 0 radical (unpaired) electrons. The minimum Gasteiger partial charge on any atom is -0.350 e. The average Bonchev–Trinajstić information content (AvgIpc) is 2.67. The zero-order chi connectivity index (χ0) is 17.6. The largest absolute Gasteiger partial charge is 0.350 e. The van der Waals surface area contributed by atoms with Gasteiger partial charge in [-0.05, 0) is 36.2 Å².